The Morgan fingerprint density at radius 2 is 1.84 bits per heavy atom. The number of nitrogens with one attached hydrogen (secondary N) is 2. The topological polar surface area (TPSA) is 115 Å². The van der Waals surface area contributed by atoms with E-state index in [1.807, 2.05) is 0 Å². The molecule has 1 aromatic heterocycles. The monoisotopic (exact) mass is 478 g/mol. The number of nitrogen functional groups attached to an aromatic ring is 1. The smallest absolute Gasteiger partial charge is 0.237 e. The number of aromatic nitrogens is 3. The molecule has 0 aliphatic rings. The lowest BCUT2D eigenvalue weighted by Crippen LogP contribution is -2.22. The van der Waals surface area contributed by atoms with Gasteiger partial charge < -0.3 is 21.1 Å². The summed E-state index contributed by atoms with van der Waals surface area (Å²) in [6, 6.07) is 12.2. The van der Waals surface area contributed by atoms with Gasteiger partial charge in [0.2, 0.25) is 17.8 Å². The molecule has 2 aromatic carbocycles. The van der Waals surface area contributed by atoms with Crippen molar-refractivity contribution in [3.05, 3.63) is 58.3 Å². The summed E-state index contributed by atoms with van der Waals surface area (Å²) in [5, 5.41) is 6.56. The second-order valence-corrected chi connectivity index (χ2v) is 8.53. The molecule has 0 saturated carbocycles. The maximum absolute atomic E-state index is 12.5. The fourth-order valence-electron chi connectivity index (χ4n) is 2.48. The van der Waals surface area contributed by atoms with Crippen LogP contribution in [-0.4, -0.2) is 33.2 Å². The molecule has 1 atom stereocenters. The van der Waals surface area contributed by atoms with Crippen molar-refractivity contribution < 1.29 is 9.53 Å². The summed E-state index contributed by atoms with van der Waals surface area (Å²) in [4.78, 5) is 25.1. The molecule has 31 heavy (non-hydrogen) atoms. The molecule has 162 valence electrons. The Balaban J connectivity index is 1.59. The van der Waals surface area contributed by atoms with Gasteiger partial charge in [-0.3, -0.25) is 4.79 Å². The number of benzene rings is 2. The molecule has 0 fully saturated rings. The molecular weight excluding hydrogens is 459 g/mol. The Morgan fingerprint density at radius 1 is 1.13 bits per heavy atom. The third-order valence-electron chi connectivity index (χ3n) is 4.05. The van der Waals surface area contributed by atoms with Gasteiger partial charge in [-0.2, -0.15) is 15.0 Å². The van der Waals surface area contributed by atoms with E-state index in [0.717, 1.165) is 5.69 Å². The quantitative estimate of drug-likeness (QED) is 0.423. The number of anilines is 4. The van der Waals surface area contributed by atoms with Crippen LogP contribution in [0.1, 0.15) is 12.7 Å². The minimum absolute atomic E-state index is 0.0899. The van der Waals surface area contributed by atoms with Crippen molar-refractivity contribution in [3.63, 3.8) is 0 Å². The summed E-state index contributed by atoms with van der Waals surface area (Å²) < 4.78 is 5.11. The van der Waals surface area contributed by atoms with E-state index in [9.17, 15) is 4.79 Å². The number of nitrogens with two attached hydrogens (primary N) is 1. The first-order valence-corrected chi connectivity index (χ1v) is 10.9. The standard InChI is InChI=1S/C20H20Cl2N6O2S/c1-11(18(29)24-14-7-8-16(30-2)15(22)9-14)31-10-17-26-19(23)28-20(27-17)25-13-5-3-12(21)4-6-13/h3-9,11H,10H2,1-2H3,(H,24,29)(H3,23,25,26,27,28). The normalized spacial score (nSPS) is 11.6. The third-order valence-corrected chi connectivity index (χ3v) is 5.74. The van der Waals surface area contributed by atoms with Crippen molar-refractivity contribution >= 4 is 64.1 Å². The van der Waals surface area contributed by atoms with E-state index in [4.69, 9.17) is 33.7 Å². The van der Waals surface area contributed by atoms with Gasteiger partial charge in [0.25, 0.3) is 0 Å². The SMILES string of the molecule is COc1ccc(NC(=O)C(C)SCc2nc(N)nc(Nc3ccc(Cl)cc3)n2)cc1Cl. The first-order chi connectivity index (χ1) is 14.8. The minimum Gasteiger partial charge on any atom is -0.495 e. The number of hydrogen-bond donors (Lipinski definition) is 3. The molecule has 0 aliphatic heterocycles. The molecule has 4 N–H and O–H groups in total. The molecule has 0 radical (unpaired) electrons. The Labute approximate surface area is 193 Å². The lowest BCUT2D eigenvalue weighted by atomic mass is 10.3. The van der Waals surface area contributed by atoms with Crippen LogP contribution in [0.3, 0.4) is 0 Å². The van der Waals surface area contributed by atoms with Crippen LogP contribution in [0.25, 0.3) is 0 Å². The number of nitrogens with zero attached hydrogens (tertiary/aromatic N) is 3. The minimum atomic E-state index is -0.369. The van der Waals surface area contributed by atoms with Gasteiger partial charge in [-0.1, -0.05) is 23.2 Å². The number of rotatable bonds is 8. The lowest BCUT2D eigenvalue weighted by molar-refractivity contribution is -0.115. The molecule has 11 heteroatoms. The van der Waals surface area contributed by atoms with Gasteiger partial charge in [-0.15, -0.1) is 11.8 Å². The van der Waals surface area contributed by atoms with Gasteiger partial charge in [0.15, 0.2) is 0 Å². The van der Waals surface area contributed by atoms with E-state index in [0.29, 0.717) is 39.0 Å². The summed E-state index contributed by atoms with van der Waals surface area (Å²) in [6.07, 6.45) is 0. The number of amides is 1. The van der Waals surface area contributed by atoms with Gasteiger partial charge >= 0.3 is 0 Å². The van der Waals surface area contributed by atoms with Gasteiger partial charge in [-0.05, 0) is 49.4 Å². The molecule has 0 bridgehead atoms. The van der Waals surface area contributed by atoms with Gasteiger partial charge in [-0.25, -0.2) is 0 Å². The fourth-order valence-corrected chi connectivity index (χ4v) is 3.61. The highest BCUT2D eigenvalue weighted by Gasteiger charge is 2.16. The van der Waals surface area contributed by atoms with Crippen molar-refractivity contribution in [2.75, 3.05) is 23.5 Å². The zero-order chi connectivity index (χ0) is 22.4. The Morgan fingerprint density at radius 3 is 2.52 bits per heavy atom. The highest BCUT2D eigenvalue weighted by Crippen LogP contribution is 2.28. The van der Waals surface area contributed by atoms with E-state index < -0.39 is 0 Å². The van der Waals surface area contributed by atoms with Crippen LogP contribution in [0.4, 0.5) is 23.3 Å². The number of ether oxygens (including phenoxy) is 1. The molecule has 1 unspecified atom stereocenters. The summed E-state index contributed by atoms with van der Waals surface area (Å²) in [7, 11) is 1.53. The number of methoxy groups -OCH3 is 1. The van der Waals surface area contributed by atoms with Crippen LogP contribution in [0.5, 0.6) is 5.75 Å². The lowest BCUT2D eigenvalue weighted by Gasteiger charge is -2.13. The van der Waals surface area contributed by atoms with E-state index in [1.54, 1.807) is 49.4 Å². The highest BCUT2D eigenvalue weighted by molar-refractivity contribution is 7.99. The summed E-state index contributed by atoms with van der Waals surface area (Å²) in [5.41, 5.74) is 7.16. The Kier molecular flexibility index (Phi) is 7.78. The molecule has 0 aliphatic carbocycles. The summed E-state index contributed by atoms with van der Waals surface area (Å²) in [5.74, 6) is 1.61. The molecule has 3 rings (SSSR count). The fraction of sp³-hybridized carbons (Fsp3) is 0.200. The summed E-state index contributed by atoms with van der Waals surface area (Å²) >= 11 is 13.4. The highest BCUT2D eigenvalue weighted by atomic mass is 35.5. The maximum atomic E-state index is 12.5. The first kappa shape index (κ1) is 22.9. The average Bonchev–Trinajstić information content (AvgIpc) is 2.73. The van der Waals surface area contributed by atoms with Crippen molar-refractivity contribution in [1.82, 2.24) is 15.0 Å². The van der Waals surface area contributed by atoms with Crippen molar-refractivity contribution in [2.24, 2.45) is 0 Å². The van der Waals surface area contributed by atoms with Gasteiger partial charge in [0, 0.05) is 16.4 Å². The van der Waals surface area contributed by atoms with Crippen LogP contribution >= 0.6 is 35.0 Å². The molecule has 0 spiro atoms. The van der Waals surface area contributed by atoms with E-state index in [2.05, 4.69) is 25.6 Å². The number of halogens is 2. The van der Waals surface area contributed by atoms with Gasteiger partial charge in [0.05, 0.1) is 23.1 Å². The van der Waals surface area contributed by atoms with E-state index >= 15 is 0 Å². The second-order valence-electron chi connectivity index (χ2n) is 6.36. The molecule has 1 heterocycles. The molecule has 3 aromatic rings. The number of carbonyl (C=O) groups excluding carboxylic acids is 1. The molecule has 0 saturated heterocycles. The zero-order valence-corrected chi connectivity index (χ0v) is 19.1. The van der Waals surface area contributed by atoms with Crippen molar-refractivity contribution in [3.8, 4) is 5.75 Å². The Bertz CT molecular complexity index is 1070. The van der Waals surface area contributed by atoms with E-state index in [1.165, 1.54) is 18.9 Å². The van der Waals surface area contributed by atoms with Crippen LogP contribution in [-0.2, 0) is 10.5 Å². The van der Waals surface area contributed by atoms with Crippen molar-refractivity contribution in [2.45, 2.75) is 17.9 Å². The van der Waals surface area contributed by atoms with Crippen LogP contribution in [0.2, 0.25) is 10.0 Å². The number of carbonyl (C=O) groups is 1. The third kappa shape index (κ3) is 6.61. The number of hydrogen-bond acceptors (Lipinski definition) is 8. The van der Waals surface area contributed by atoms with Crippen molar-refractivity contribution in [1.29, 1.82) is 0 Å². The van der Waals surface area contributed by atoms with E-state index in [-0.39, 0.29) is 17.1 Å². The first-order valence-electron chi connectivity index (χ1n) is 9.13. The van der Waals surface area contributed by atoms with Gasteiger partial charge in [0.1, 0.15) is 11.6 Å². The largest absolute Gasteiger partial charge is 0.495 e. The summed E-state index contributed by atoms with van der Waals surface area (Å²) in [6.45, 7) is 1.79. The molecular formula is C20H20Cl2N6O2S. The molecule has 8 nitrogen and oxygen atoms in total. The zero-order valence-electron chi connectivity index (χ0n) is 16.7. The van der Waals surface area contributed by atoms with Crippen LogP contribution < -0.4 is 21.1 Å². The van der Waals surface area contributed by atoms with Crippen LogP contribution in [0, 0.1) is 0 Å². The Hall–Kier alpha value is -2.75. The maximum Gasteiger partial charge on any atom is 0.237 e. The predicted octanol–water partition coefficient (Wildman–Crippen LogP) is 4.77. The second kappa shape index (κ2) is 10.5. The predicted molar refractivity (Wildman–Crippen MR) is 126 cm³/mol. The van der Waals surface area contributed by atoms with Crippen LogP contribution in [0.15, 0.2) is 42.5 Å². The molecule has 1 amide bonds. The average molecular weight is 479 g/mol. The number of thioether (sulfide) groups is 1.